The number of nitrogens with one attached hydrogen (secondary N) is 1. The van der Waals surface area contributed by atoms with Crippen molar-refractivity contribution < 1.29 is 0 Å². The molecule has 3 aromatic rings. The van der Waals surface area contributed by atoms with Crippen LogP contribution in [0.25, 0.3) is 5.52 Å². The van der Waals surface area contributed by atoms with Gasteiger partial charge in [-0.3, -0.25) is 10.8 Å². The maximum atomic E-state index is 5.71. The van der Waals surface area contributed by atoms with Crippen LogP contribution < -0.4 is 11.3 Å². The summed E-state index contributed by atoms with van der Waals surface area (Å²) >= 11 is 0. The molecule has 7 nitrogen and oxygen atoms in total. The minimum atomic E-state index is -0.211. The molecule has 0 radical (unpaired) electrons. The van der Waals surface area contributed by atoms with Crippen molar-refractivity contribution in [3.05, 3.63) is 48.6 Å². The first-order chi connectivity index (χ1) is 9.35. The highest BCUT2D eigenvalue weighted by atomic mass is 15.3. The van der Waals surface area contributed by atoms with Crippen molar-refractivity contribution >= 4 is 5.52 Å². The van der Waals surface area contributed by atoms with Crippen molar-refractivity contribution in [2.45, 2.75) is 19.5 Å². The third-order valence-electron chi connectivity index (χ3n) is 3.18. The summed E-state index contributed by atoms with van der Waals surface area (Å²) in [4.78, 5) is 8.51. The van der Waals surface area contributed by atoms with Crippen LogP contribution >= 0.6 is 0 Å². The van der Waals surface area contributed by atoms with Gasteiger partial charge in [-0.15, -0.1) is 0 Å². The van der Waals surface area contributed by atoms with E-state index in [1.165, 1.54) is 0 Å². The highest BCUT2D eigenvalue weighted by molar-refractivity contribution is 5.54. The summed E-state index contributed by atoms with van der Waals surface area (Å²) in [5.41, 5.74) is 4.68. The predicted octanol–water partition coefficient (Wildman–Crippen LogP) is 0.498. The molecule has 3 N–H and O–H groups in total. The number of hydrogen-bond acceptors (Lipinski definition) is 5. The van der Waals surface area contributed by atoms with E-state index in [0.29, 0.717) is 0 Å². The van der Waals surface area contributed by atoms with E-state index in [4.69, 9.17) is 5.84 Å². The van der Waals surface area contributed by atoms with Gasteiger partial charge < -0.3 is 4.57 Å². The van der Waals surface area contributed by atoms with Crippen molar-refractivity contribution in [3.63, 3.8) is 0 Å². The highest BCUT2D eigenvalue weighted by Gasteiger charge is 2.21. The standard InChI is InChI=1S/C12H15N7/c1-2-18-5-4-15-12(18)11(17-13)9-7-16-19-6-3-14-8-10(9)19/h3-8,11,17H,2,13H2,1H3. The molecule has 19 heavy (non-hydrogen) atoms. The summed E-state index contributed by atoms with van der Waals surface area (Å²) in [6.45, 7) is 2.90. The summed E-state index contributed by atoms with van der Waals surface area (Å²) in [6.07, 6.45) is 10.8. The monoisotopic (exact) mass is 257 g/mol. The van der Waals surface area contributed by atoms with Gasteiger partial charge >= 0.3 is 0 Å². The summed E-state index contributed by atoms with van der Waals surface area (Å²) in [5, 5.41) is 4.30. The molecule has 0 aliphatic rings. The summed E-state index contributed by atoms with van der Waals surface area (Å²) < 4.78 is 3.82. The van der Waals surface area contributed by atoms with E-state index in [1.807, 2.05) is 10.8 Å². The molecule has 0 aliphatic heterocycles. The Balaban J connectivity index is 2.12. The maximum Gasteiger partial charge on any atom is 0.131 e. The minimum absolute atomic E-state index is 0.211. The van der Waals surface area contributed by atoms with Crippen molar-refractivity contribution in [3.8, 4) is 0 Å². The van der Waals surface area contributed by atoms with Crippen molar-refractivity contribution in [1.82, 2.24) is 29.6 Å². The van der Waals surface area contributed by atoms with Gasteiger partial charge in [0.1, 0.15) is 11.9 Å². The van der Waals surface area contributed by atoms with Gasteiger partial charge in [0.2, 0.25) is 0 Å². The largest absolute Gasteiger partial charge is 0.334 e. The molecule has 98 valence electrons. The average Bonchev–Trinajstić information content (AvgIpc) is 3.07. The highest BCUT2D eigenvalue weighted by Crippen LogP contribution is 2.23. The second-order valence-electron chi connectivity index (χ2n) is 4.18. The number of imidazole rings is 1. The third kappa shape index (κ3) is 1.88. The van der Waals surface area contributed by atoms with Crippen LogP contribution in [0.2, 0.25) is 0 Å². The minimum Gasteiger partial charge on any atom is -0.334 e. The molecule has 0 spiro atoms. The molecular formula is C12H15N7. The maximum absolute atomic E-state index is 5.71. The topological polar surface area (TPSA) is 86.1 Å². The quantitative estimate of drug-likeness (QED) is 0.525. The van der Waals surface area contributed by atoms with Gasteiger partial charge in [0.05, 0.1) is 17.9 Å². The first-order valence-corrected chi connectivity index (χ1v) is 6.09. The molecule has 3 aromatic heterocycles. The summed E-state index contributed by atoms with van der Waals surface area (Å²) in [7, 11) is 0. The number of nitrogens with zero attached hydrogens (tertiary/aromatic N) is 5. The lowest BCUT2D eigenvalue weighted by Crippen LogP contribution is -2.31. The smallest absolute Gasteiger partial charge is 0.131 e. The Bertz CT molecular complexity index is 684. The van der Waals surface area contributed by atoms with Crippen LogP contribution in [-0.4, -0.2) is 24.1 Å². The second-order valence-corrected chi connectivity index (χ2v) is 4.18. The molecule has 0 saturated carbocycles. The molecule has 0 bridgehead atoms. The molecule has 0 aromatic carbocycles. The van der Waals surface area contributed by atoms with Crippen LogP contribution in [0.15, 0.2) is 37.2 Å². The predicted molar refractivity (Wildman–Crippen MR) is 70.1 cm³/mol. The van der Waals surface area contributed by atoms with Gasteiger partial charge in [-0.25, -0.2) is 14.9 Å². The Kier molecular flexibility index (Phi) is 2.98. The lowest BCUT2D eigenvalue weighted by molar-refractivity contribution is 0.563. The Morgan fingerprint density at radius 2 is 2.21 bits per heavy atom. The van der Waals surface area contributed by atoms with Gasteiger partial charge in [0.15, 0.2) is 0 Å². The van der Waals surface area contributed by atoms with E-state index in [1.54, 1.807) is 35.5 Å². The molecule has 7 heteroatoms. The number of hydrazine groups is 1. The zero-order chi connectivity index (χ0) is 13.2. The number of fused-ring (bicyclic) bond motifs is 1. The number of nitrogens with two attached hydrogens (primary N) is 1. The fourth-order valence-corrected chi connectivity index (χ4v) is 2.23. The molecule has 1 unspecified atom stereocenters. The molecular weight excluding hydrogens is 242 g/mol. The Morgan fingerprint density at radius 1 is 1.32 bits per heavy atom. The van der Waals surface area contributed by atoms with Gasteiger partial charge in [-0.05, 0) is 6.92 Å². The van der Waals surface area contributed by atoms with Crippen LogP contribution in [-0.2, 0) is 6.54 Å². The van der Waals surface area contributed by atoms with Crippen LogP contribution in [0, 0.1) is 0 Å². The Labute approximate surface area is 110 Å². The fraction of sp³-hybridized carbons (Fsp3) is 0.250. The number of rotatable bonds is 4. The van der Waals surface area contributed by atoms with E-state index in [2.05, 4.69) is 27.4 Å². The van der Waals surface area contributed by atoms with Crippen LogP contribution in [0.4, 0.5) is 0 Å². The molecule has 3 heterocycles. The van der Waals surface area contributed by atoms with Crippen LogP contribution in [0.3, 0.4) is 0 Å². The van der Waals surface area contributed by atoms with Crippen LogP contribution in [0.5, 0.6) is 0 Å². The molecule has 3 rings (SSSR count). The number of aryl methyl sites for hydroxylation is 1. The molecule has 0 aliphatic carbocycles. The SMILES string of the molecule is CCn1ccnc1C(NN)c1cnn2ccncc12. The van der Waals surface area contributed by atoms with E-state index in [9.17, 15) is 0 Å². The van der Waals surface area contributed by atoms with Crippen LogP contribution in [0.1, 0.15) is 24.4 Å². The van der Waals surface area contributed by atoms with Gasteiger partial charge in [0, 0.05) is 36.9 Å². The molecule has 0 fully saturated rings. The first-order valence-electron chi connectivity index (χ1n) is 6.09. The summed E-state index contributed by atoms with van der Waals surface area (Å²) in [5.74, 6) is 6.57. The zero-order valence-corrected chi connectivity index (χ0v) is 10.6. The van der Waals surface area contributed by atoms with Gasteiger partial charge in [-0.1, -0.05) is 0 Å². The van der Waals surface area contributed by atoms with E-state index in [-0.39, 0.29) is 6.04 Å². The molecule has 0 amide bonds. The Morgan fingerprint density at radius 3 is 3.00 bits per heavy atom. The Hall–Kier alpha value is -2.25. The van der Waals surface area contributed by atoms with E-state index in [0.717, 1.165) is 23.4 Å². The van der Waals surface area contributed by atoms with Crippen molar-refractivity contribution in [2.75, 3.05) is 0 Å². The number of hydrogen-bond donors (Lipinski definition) is 2. The average molecular weight is 257 g/mol. The zero-order valence-electron chi connectivity index (χ0n) is 10.6. The van der Waals surface area contributed by atoms with Crippen molar-refractivity contribution in [1.29, 1.82) is 0 Å². The van der Waals surface area contributed by atoms with E-state index < -0.39 is 0 Å². The van der Waals surface area contributed by atoms with Gasteiger partial charge in [-0.2, -0.15) is 5.10 Å². The summed E-state index contributed by atoms with van der Waals surface area (Å²) in [6, 6.07) is -0.211. The first kappa shape index (κ1) is 11.8. The third-order valence-corrected chi connectivity index (χ3v) is 3.18. The van der Waals surface area contributed by atoms with Gasteiger partial charge in [0.25, 0.3) is 0 Å². The second kappa shape index (κ2) is 4.79. The van der Waals surface area contributed by atoms with E-state index >= 15 is 0 Å². The van der Waals surface area contributed by atoms with Crippen molar-refractivity contribution in [2.24, 2.45) is 5.84 Å². The lowest BCUT2D eigenvalue weighted by Gasteiger charge is -2.15. The molecule has 0 saturated heterocycles. The molecule has 1 atom stereocenters. The number of aromatic nitrogens is 5. The lowest BCUT2D eigenvalue weighted by atomic mass is 10.1. The fourth-order valence-electron chi connectivity index (χ4n) is 2.23. The normalized spacial score (nSPS) is 12.9.